The molecule has 0 aromatic heterocycles. The second kappa shape index (κ2) is 9.47. The number of nitrogens with zero attached hydrogens (tertiary/aromatic N) is 3. The van der Waals surface area contributed by atoms with E-state index in [1.165, 1.54) is 5.56 Å². The van der Waals surface area contributed by atoms with Crippen LogP contribution in [0.1, 0.15) is 11.1 Å². The minimum absolute atomic E-state index is 0.186. The number of hydrogen-bond acceptors (Lipinski definition) is 6. The molecule has 0 unspecified atom stereocenters. The van der Waals surface area contributed by atoms with E-state index in [9.17, 15) is 4.79 Å². The zero-order valence-corrected chi connectivity index (χ0v) is 18.6. The van der Waals surface area contributed by atoms with Gasteiger partial charge in [0.25, 0.3) is 0 Å². The van der Waals surface area contributed by atoms with Crippen molar-refractivity contribution in [3.63, 3.8) is 0 Å². The highest BCUT2D eigenvalue weighted by Crippen LogP contribution is 2.33. The fourth-order valence-electron chi connectivity index (χ4n) is 4.43. The van der Waals surface area contributed by atoms with Gasteiger partial charge >= 0.3 is 0 Å². The summed E-state index contributed by atoms with van der Waals surface area (Å²) in [4.78, 5) is 19.5. The maximum atomic E-state index is 13.0. The molecule has 4 rings (SSSR count). The molecule has 0 saturated carbocycles. The average Bonchev–Trinajstić information content (AvgIpc) is 2.83. The first-order valence-electron chi connectivity index (χ1n) is 10.7. The number of carbonyl (C=O) groups is 1. The molecule has 0 radical (unpaired) electrons. The van der Waals surface area contributed by atoms with Crippen molar-refractivity contribution >= 4 is 11.6 Å². The van der Waals surface area contributed by atoms with Gasteiger partial charge < -0.3 is 24.0 Å². The minimum atomic E-state index is 0.186. The second-order valence-electron chi connectivity index (χ2n) is 7.98. The zero-order valence-electron chi connectivity index (χ0n) is 18.6. The number of methoxy groups -OCH3 is 3. The van der Waals surface area contributed by atoms with E-state index in [1.807, 2.05) is 35.2 Å². The van der Waals surface area contributed by atoms with E-state index in [1.54, 1.807) is 21.3 Å². The third kappa shape index (κ3) is 4.56. The molecular formula is C24H31N3O4. The van der Waals surface area contributed by atoms with Crippen LogP contribution in [-0.4, -0.2) is 76.3 Å². The molecule has 2 aliphatic heterocycles. The van der Waals surface area contributed by atoms with Gasteiger partial charge in [0, 0.05) is 39.3 Å². The summed E-state index contributed by atoms with van der Waals surface area (Å²) in [5.41, 5.74) is 3.48. The quantitative estimate of drug-likeness (QED) is 0.709. The maximum absolute atomic E-state index is 13.0. The van der Waals surface area contributed by atoms with Gasteiger partial charge in [-0.1, -0.05) is 12.1 Å². The summed E-state index contributed by atoms with van der Waals surface area (Å²) in [5, 5.41) is 0. The van der Waals surface area contributed by atoms with Crippen LogP contribution < -0.4 is 19.1 Å². The molecular weight excluding hydrogens is 394 g/mol. The molecule has 2 aromatic rings. The molecule has 1 saturated heterocycles. The number of benzene rings is 2. The largest absolute Gasteiger partial charge is 0.495 e. The van der Waals surface area contributed by atoms with Crippen LogP contribution >= 0.6 is 0 Å². The molecule has 7 heteroatoms. The van der Waals surface area contributed by atoms with Crippen LogP contribution in [0.15, 0.2) is 36.4 Å². The monoisotopic (exact) mass is 425 g/mol. The molecule has 0 N–H and O–H groups in total. The number of ether oxygens (including phenoxy) is 3. The number of hydrogen-bond donors (Lipinski definition) is 0. The Labute approximate surface area is 184 Å². The predicted molar refractivity (Wildman–Crippen MR) is 120 cm³/mol. The van der Waals surface area contributed by atoms with Gasteiger partial charge in [0.1, 0.15) is 5.75 Å². The van der Waals surface area contributed by atoms with Crippen molar-refractivity contribution in [2.24, 2.45) is 0 Å². The average molecular weight is 426 g/mol. The van der Waals surface area contributed by atoms with Crippen LogP contribution in [0.25, 0.3) is 0 Å². The Bertz CT molecular complexity index is 925. The summed E-state index contributed by atoms with van der Waals surface area (Å²) < 4.78 is 16.3. The fraction of sp³-hybridized carbons (Fsp3) is 0.458. The Hall–Kier alpha value is -2.93. The normalized spacial score (nSPS) is 16.6. The lowest BCUT2D eigenvalue weighted by Gasteiger charge is -2.37. The summed E-state index contributed by atoms with van der Waals surface area (Å²) in [6.07, 6.45) is 0.836. The van der Waals surface area contributed by atoms with Crippen molar-refractivity contribution in [1.29, 1.82) is 0 Å². The summed E-state index contributed by atoms with van der Waals surface area (Å²) in [5.74, 6) is 2.54. The van der Waals surface area contributed by atoms with Crippen LogP contribution in [0, 0.1) is 0 Å². The number of rotatable bonds is 6. The molecule has 0 atom stereocenters. The van der Waals surface area contributed by atoms with Crippen molar-refractivity contribution in [2.75, 3.05) is 65.5 Å². The van der Waals surface area contributed by atoms with E-state index in [0.717, 1.165) is 61.9 Å². The highest BCUT2D eigenvalue weighted by Gasteiger charge is 2.26. The first kappa shape index (κ1) is 21.3. The topological polar surface area (TPSA) is 54.5 Å². The van der Waals surface area contributed by atoms with E-state index in [2.05, 4.69) is 15.9 Å². The Balaban J connectivity index is 1.34. The molecule has 2 aromatic carbocycles. The number of para-hydroxylation sites is 2. The molecule has 1 amide bonds. The van der Waals surface area contributed by atoms with Gasteiger partial charge in [-0.25, -0.2) is 0 Å². The summed E-state index contributed by atoms with van der Waals surface area (Å²) in [6, 6.07) is 12.1. The number of carbonyl (C=O) groups excluding carboxylic acids is 1. The molecule has 0 bridgehead atoms. The molecule has 2 heterocycles. The molecule has 166 valence electrons. The van der Waals surface area contributed by atoms with Gasteiger partial charge in [0.05, 0.1) is 33.6 Å². The SMILES string of the molecule is COc1cc2c(cc1OC)CN(C(=O)CN1CCN(c3ccccc3OC)CC1)CC2. The third-order valence-electron chi connectivity index (χ3n) is 6.23. The van der Waals surface area contributed by atoms with Crippen LogP contribution in [0.4, 0.5) is 5.69 Å². The van der Waals surface area contributed by atoms with Crippen molar-refractivity contribution in [3.8, 4) is 17.2 Å². The van der Waals surface area contributed by atoms with Crippen LogP contribution in [0.2, 0.25) is 0 Å². The lowest BCUT2D eigenvalue weighted by atomic mass is 9.98. The van der Waals surface area contributed by atoms with E-state index in [-0.39, 0.29) is 5.91 Å². The number of piperazine rings is 1. The minimum Gasteiger partial charge on any atom is -0.495 e. The Morgan fingerprint density at radius 2 is 1.48 bits per heavy atom. The summed E-state index contributed by atoms with van der Waals surface area (Å²) >= 11 is 0. The highest BCUT2D eigenvalue weighted by atomic mass is 16.5. The Morgan fingerprint density at radius 1 is 0.839 bits per heavy atom. The lowest BCUT2D eigenvalue weighted by molar-refractivity contribution is -0.133. The summed E-state index contributed by atoms with van der Waals surface area (Å²) in [6.45, 7) is 5.31. The Morgan fingerprint density at radius 3 is 2.16 bits per heavy atom. The molecule has 0 aliphatic carbocycles. The standard InChI is InChI=1S/C24H31N3O4/c1-29-21-7-5-4-6-20(21)26-12-10-25(11-13-26)17-24(28)27-9-8-18-14-22(30-2)23(31-3)15-19(18)16-27/h4-7,14-15H,8-13,16-17H2,1-3H3. The van der Waals surface area contributed by atoms with E-state index in [0.29, 0.717) is 18.8 Å². The molecule has 1 fully saturated rings. The van der Waals surface area contributed by atoms with Crippen LogP contribution in [-0.2, 0) is 17.8 Å². The summed E-state index contributed by atoms with van der Waals surface area (Å²) in [7, 11) is 4.99. The van der Waals surface area contributed by atoms with E-state index < -0.39 is 0 Å². The molecule has 2 aliphatic rings. The van der Waals surface area contributed by atoms with Gasteiger partial charge in [0.15, 0.2) is 11.5 Å². The second-order valence-corrected chi connectivity index (χ2v) is 7.98. The van der Waals surface area contributed by atoms with E-state index >= 15 is 0 Å². The lowest BCUT2D eigenvalue weighted by Crippen LogP contribution is -2.50. The fourth-order valence-corrected chi connectivity index (χ4v) is 4.43. The third-order valence-corrected chi connectivity index (χ3v) is 6.23. The van der Waals surface area contributed by atoms with Crippen LogP contribution in [0.5, 0.6) is 17.2 Å². The van der Waals surface area contributed by atoms with Gasteiger partial charge in [-0.3, -0.25) is 9.69 Å². The van der Waals surface area contributed by atoms with Crippen LogP contribution in [0.3, 0.4) is 0 Å². The Kier molecular flexibility index (Phi) is 6.51. The molecule has 0 spiro atoms. The first-order valence-corrected chi connectivity index (χ1v) is 10.7. The predicted octanol–water partition coefficient (Wildman–Crippen LogP) is 2.42. The van der Waals surface area contributed by atoms with Crippen molar-refractivity contribution < 1.29 is 19.0 Å². The van der Waals surface area contributed by atoms with Crippen molar-refractivity contribution in [1.82, 2.24) is 9.80 Å². The van der Waals surface area contributed by atoms with Gasteiger partial charge in [-0.2, -0.15) is 0 Å². The molecule has 31 heavy (non-hydrogen) atoms. The van der Waals surface area contributed by atoms with Gasteiger partial charge in [-0.15, -0.1) is 0 Å². The van der Waals surface area contributed by atoms with Gasteiger partial charge in [0.2, 0.25) is 5.91 Å². The van der Waals surface area contributed by atoms with E-state index in [4.69, 9.17) is 14.2 Å². The molecule has 7 nitrogen and oxygen atoms in total. The first-order chi connectivity index (χ1) is 15.1. The van der Waals surface area contributed by atoms with Gasteiger partial charge in [-0.05, 0) is 41.8 Å². The smallest absolute Gasteiger partial charge is 0.237 e. The number of fused-ring (bicyclic) bond motifs is 1. The van der Waals surface area contributed by atoms with Crippen molar-refractivity contribution in [3.05, 3.63) is 47.5 Å². The zero-order chi connectivity index (χ0) is 21.8. The number of anilines is 1. The van der Waals surface area contributed by atoms with Crippen molar-refractivity contribution in [2.45, 2.75) is 13.0 Å². The number of amides is 1. The maximum Gasteiger partial charge on any atom is 0.237 e. The highest BCUT2D eigenvalue weighted by molar-refractivity contribution is 5.78.